The Morgan fingerprint density at radius 2 is 0.592 bits per heavy atom. The van der Waals surface area contributed by atoms with Crippen molar-refractivity contribution in [2.75, 3.05) is 109 Å². The summed E-state index contributed by atoms with van der Waals surface area (Å²) in [6.07, 6.45) is 2.50. The van der Waals surface area contributed by atoms with Crippen molar-refractivity contribution in [1.29, 1.82) is 0 Å². The molecule has 142 heavy (non-hydrogen) atoms. The zero-order chi connectivity index (χ0) is 98.7. The van der Waals surface area contributed by atoms with Gasteiger partial charge in [-0.2, -0.15) is 0 Å². The molecule has 7 heterocycles. The number of rotatable bonds is 21. The second-order valence-corrected chi connectivity index (χ2v) is 34.9. The molecule has 0 unspecified atom stereocenters. The number of nitrogens with one attached hydrogen (secondary N) is 3. The van der Waals surface area contributed by atoms with E-state index in [0.717, 1.165) is 132 Å². The van der Waals surface area contributed by atoms with Crippen LogP contribution in [0.2, 0.25) is 0 Å². The Morgan fingerprint density at radius 3 is 0.803 bits per heavy atom. The van der Waals surface area contributed by atoms with E-state index in [9.17, 15) is 43.2 Å². The van der Waals surface area contributed by atoms with E-state index in [1.54, 1.807) is 53.0 Å². The minimum atomic E-state index is -1.24. The summed E-state index contributed by atoms with van der Waals surface area (Å²) >= 11 is 0. The molecule has 752 valence electrons. The van der Waals surface area contributed by atoms with E-state index in [0.29, 0.717) is 110 Å². The number of methoxy groups -OCH3 is 3. The van der Waals surface area contributed by atoms with Gasteiger partial charge >= 0.3 is 36.8 Å². The first-order chi connectivity index (χ1) is 65.5. The monoisotopic (exact) mass is 1950 g/mol. The molecule has 4 aliphatic heterocycles. The molecule has 0 aliphatic carbocycles. The number of morpholine rings is 3. The summed E-state index contributed by atoms with van der Waals surface area (Å²) in [4.78, 5) is 123. The van der Waals surface area contributed by atoms with E-state index in [4.69, 9.17) is 33.2 Å². The Balaban J connectivity index is 0.000000249. The Labute approximate surface area is 835 Å². The molecule has 4 N–H and O–H groups in total. The van der Waals surface area contributed by atoms with Crippen LogP contribution in [0.4, 0.5) is 43.4 Å². The number of pyridine rings is 3. The number of aromatic nitrogens is 3. The van der Waals surface area contributed by atoms with Crippen molar-refractivity contribution >= 4 is 85.0 Å². The molecule has 12 aromatic rings. The molecule has 3 aromatic heterocycles. The average molecular weight is 1960 g/mol. The Bertz CT molecular complexity index is 6120. The maximum atomic E-state index is 15.2. The van der Waals surface area contributed by atoms with Crippen molar-refractivity contribution in [2.45, 2.75) is 153 Å². The predicted molar refractivity (Wildman–Crippen MR) is 537 cm³/mol. The summed E-state index contributed by atoms with van der Waals surface area (Å²) < 4.78 is 132. The van der Waals surface area contributed by atoms with E-state index < -0.39 is 105 Å². The molecular formula is C109H126F6LiN9O17. The summed E-state index contributed by atoms with van der Waals surface area (Å²) in [6, 6.07) is 41.7. The third-order valence-corrected chi connectivity index (χ3v) is 25.8. The van der Waals surface area contributed by atoms with Crippen molar-refractivity contribution in [3.63, 3.8) is 0 Å². The van der Waals surface area contributed by atoms with Gasteiger partial charge in [0.2, 0.25) is 0 Å². The number of anilines is 3. The third kappa shape index (κ3) is 25.1. The molecule has 9 aromatic carbocycles. The number of aryl methyl sites for hydroxylation is 6. The van der Waals surface area contributed by atoms with E-state index in [-0.39, 0.29) is 101 Å². The first-order valence-corrected chi connectivity index (χ1v) is 45.3. The van der Waals surface area contributed by atoms with E-state index >= 15 is 26.3 Å². The minimum Gasteiger partial charge on any atom is -0.870 e. The average Bonchev–Trinajstić information content (AvgIpc) is 0.821. The Morgan fingerprint density at radius 1 is 0.359 bits per heavy atom. The zero-order valence-electron chi connectivity index (χ0n) is 80.8. The summed E-state index contributed by atoms with van der Waals surface area (Å²) in [7, 11) is 8.71. The molecule has 4 aliphatic rings. The van der Waals surface area contributed by atoms with Crippen LogP contribution in [0.25, 0.3) is 65.7 Å². The number of carbonyl (C=O) groups excluding carboxylic acids is 6. The fraction of sp³-hybridized carbons (Fsp3) is 0.367. The van der Waals surface area contributed by atoms with Crippen LogP contribution >= 0.6 is 0 Å². The summed E-state index contributed by atoms with van der Waals surface area (Å²) in [5.74, 6) is -11.7. The summed E-state index contributed by atoms with van der Waals surface area (Å²) in [5.41, 5.74) is 9.17. The van der Waals surface area contributed by atoms with Gasteiger partial charge in [0.1, 0.15) is 69.7 Å². The number of carbonyl (C=O) groups is 6. The van der Waals surface area contributed by atoms with Gasteiger partial charge in [-0.15, -0.1) is 0 Å². The Kier molecular flexibility index (Phi) is 40.5. The number of nitrogens with zero attached hydrogens (tertiary/aromatic N) is 6. The van der Waals surface area contributed by atoms with Gasteiger partial charge < -0.3 is 83.0 Å². The molecule has 0 spiro atoms. The second kappa shape index (κ2) is 50.5. The number of benzene rings is 9. The molecule has 6 atom stereocenters. The number of hydrogen-bond acceptors (Lipinski definition) is 20. The third-order valence-electron chi connectivity index (χ3n) is 25.8. The van der Waals surface area contributed by atoms with Crippen LogP contribution in [0, 0.1) is 76.4 Å². The zero-order valence-corrected chi connectivity index (χ0v) is 80.8. The van der Waals surface area contributed by atoms with Gasteiger partial charge in [0, 0.05) is 126 Å². The molecular weight excluding hydrogens is 1830 g/mol. The van der Waals surface area contributed by atoms with E-state index in [1.807, 2.05) is 186 Å². The van der Waals surface area contributed by atoms with Crippen molar-refractivity contribution < 1.29 is 113 Å². The number of fused-ring (bicyclic) bond motifs is 3. The van der Waals surface area contributed by atoms with Crippen LogP contribution in [0.5, 0.6) is 0 Å². The first-order valence-electron chi connectivity index (χ1n) is 45.3. The van der Waals surface area contributed by atoms with Gasteiger partial charge in [-0.3, -0.25) is 28.8 Å². The SMILES string of the molecule is C.C.C.C1CCOC1.COC(=O)[C@H](Cc1ccc(-c2c(C)cc(C)n(C)c2=O)c2ccccc12)NC(=O)c1c(F)cc(N2CCOC[C@@H]2C)cc1F.COC(=O)[C@H](Cc1ccc(-c2c(C)cc(C)n(C)c2=O)c2ccccc12)NC(=O)c1c(F)cc(N2CCOC[C@@H]2C)cc1F.COC(=O)[C@H](Cc1ccc(-c2c(C)cc(C)n(C)c2=O)c2ccccc12)NC(=O)c1c(F)cc(N2CCOC[C@@H]2C)cc1F.[Li+].[OH-]. The summed E-state index contributed by atoms with van der Waals surface area (Å²) in [5, 5.41) is 12.1. The van der Waals surface area contributed by atoms with Crippen LogP contribution in [0.15, 0.2) is 178 Å². The van der Waals surface area contributed by atoms with Crippen molar-refractivity contribution in [3.8, 4) is 33.4 Å². The largest absolute Gasteiger partial charge is 1.00 e. The van der Waals surface area contributed by atoms with Gasteiger partial charge in [-0.1, -0.05) is 131 Å². The molecule has 0 radical (unpaired) electrons. The van der Waals surface area contributed by atoms with E-state index in [2.05, 4.69) is 16.0 Å². The standard InChI is InChI=1S/3C34H35F2N3O5.C4H8O.3CH4.Li.H2O/c3*1-19-14-20(2)38(4)33(41)30(19)26-11-10-22(24-8-6-7-9-25(24)26)15-29(34(42)43-5)37-32(40)31-27(35)16-23(17-28(31)36)39-12-13-44-18-21(39)3;1-2-4-5-3-1;;;;;/h3*6-11,14,16-17,21,29H,12-13,15,18H2,1-5H3,(H,37,40);1-4H2;3*1H4;;1H2/q;;;;;;;+1;/p-1/t3*21-,29-;;;;;;/m000....../s1. The van der Waals surface area contributed by atoms with Crippen molar-refractivity contribution in [3.05, 3.63) is 297 Å². The Hall–Kier alpha value is -13.2. The van der Waals surface area contributed by atoms with Gasteiger partial charge in [-0.05, 0) is 212 Å². The fourth-order valence-electron chi connectivity index (χ4n) is 18.2. The number of hydrogen-bond donors (Lipinski definition) is 3. The molecule has 16 rings (SSSR count). The first kappa shape index (κ1) is 114. The van der Waals surface area contributed by atoms with Gasteiger partial charge in [0.25, 0.3) is 34.4 Å². The molecule has 4 saturated heterocycles. The molecule has 0 bridgehead atoms. The van der Waals surface area contributed by atoms with Gasteiger partial charge in [0.15, 0.2) is 0 Å². The van der Waals surface area contributed by atoms with E-state index in [1.165, 1.54) is 34.2 Å². The molecule has 3 amide bonds. The second-order valence-electron chi connectivity index (χ2n) is 34.9. The topological polar surface area (TPSA) is 309 Å². The van der Waals surface area contributed by atoms with Crippen molar-refractivity contribution in [2.24, 2.45) is 21.1 Å². The van der Waals surface area contributed by atoms with Gasteiger partial charge in [-0.25, -0.2) is 40.7 Å². The van der Waals surface area contributed by atoms with Crippen LogP contribution in [0.1, 0.15) is 137 Å². The fourth-order valence-corrected chi connectivity index (χ4v) is 18.2. The van der Waals surface area contributed by atoms with Crippen molar-refractivity contribution in [1.82, 2.24) is 29.7 Å². The molecule has 0 saturated carbocycles. The molecule has 26 nitrogen and oxygen atoms in total. The number of amides is 3. The normalized spacial score (nSPS) is 15.4. The predicted octanol–water partition coefficient (Wildman–Crippen LogP) is 14.1. The van der Waals surface area contributed by atoms with Gasteiger partial charge in [0.05, 0.1) is 77.7 Å². The quantitative estimate of drug-likeness (QED) is 0.0260. The number of halogens is 6. The number of esters is 3. The molecule has 33 heteroatoms. The summed E-state index contributed by atoms with van der Waals surface area (Å²) in [6.45, 7) is 22.8. The number of ether oxygens (including phenoxy) is 7. The van der Waals surface area contributed by atoms with Crippen LogP contribution in [0.3, 0.4) is 0 Å². The van der Waals surface area contributed by atoms with Crippen LogP contribution in [-0.4, -0.2) is 185 Å². The minimum absolute atomic E-state index is 0. The maximum Gasteiger partial charge on any atom is 1.00 e. The van der Waals surface area contributed by atoms with Crippen LogP contribution in [-0.2, 0) is 87.9 Å². The maximum absolute atomic E-state index is 15.2. The molecule has 4 fully saturated rings. The van der Waals surface area contributed by atoms with Crippen LogP contribution < -0.4 is 66.2 Å². The smallest absolute Gasteiger partial charge is 0.870 e.